The average molecular weight is 449 g/mol. The molecular weight excluding hydrogens is 402 g/mol. The van der Waals surface area contributed by atoms with E-state index in [1.165, 1.54) is 51.4 Å². The van der Waals surface area contributed by atoms with Crippen molar-refractivity contribution in [2.75, 3.05) is 0 Å². The Morgan fingerprint density at radius 3 is 2.10 bits per heavy atom. The Hall–Kier alpha value is -0.703. The molecule has 0 nitrogen and oxygen atoms in total. The summed E-state index contributed by atoms with van der Waals surface area (Å²) in [6.07, 6.45) is 17.8. The number of benzene rings is 1. The Morgan fingerprint density at radius 2 is 1.42 bits per heavy atom. The van der Waals surface area contributed by atoms with Crippen LogP contribution in [0.2, 0.25) is 18.1 Å². The summed E-state index contributed by atoms with van der Waals surface area (Å²) in [6.45, 7) is 4.19. The van der Waals surface area contributed by atoms with Gasteiger partial charge in [0, 0.05) is 8.80 Å². The van der Waals surface area contributed by atoms with Crippen LogP contribution in [-0.2, 0) is 12.8 Å². The Balaban J connectivity index is 1.29. The molecule has 2 fully saturated rings. The number of halogens is 2. The van der Waals surface area contributed by atoms with Crippen molar-refractivity contribution in [2.45, 2.75) is 122 Å². The summed E-state index contributed by atoms with van der Waals surface area (Å²) < 4.78 is 28.2. The van der Waals surface area contributed by atoms with Gasteiger partial charge in [-0.15, -0.1) is 0 Å². The smallest absolute Gasteiger partial charge is 0.162 e. The molecule has 1 heterocycles. The Morgan fingerprint density at radius 1 is 0.774 bits per heavy atom. The average Bonchev–Trinajstić information content (AvgIpc) is 2.80. The molecule has 0 aromatic heterocycles. The summed E-state index contributed by atoms with van der Waals surface area (Å²) >= 11 is 0. The van der Waals surface area contributed by atoms with Crippen molar-refractivity contribution in [3.63, 3.8) is 0 Å². The molecule has 1 aliphatic carbocycles. The van der Waals surface area contributed by atoms with Crippen molar-refractivity contribution in [2.24, 2.45) is 17.8 Å². The van der Waals surface area contributed by atoms with E-state index in [9.17, 15) is 8.78 Å². The highest BCUT2D eigenvalue weighted by Gasteiger charge is 2.30. The predicted molar refractivity (Wildman–Crippen MR) is 133 cm³/mol. The lowest BCUT2D eigenvalue weighted by Crippen LogP contribution is -2.28. The zero-order valence-electron chi connectivity index (χ0n) is 20.2. The lowest BCUT2D eigenvalue weighted by Gasteiger charge is -2.37. The van der Waals surface area contributed by atoms with Crippen LogP contribution < -0.4 is 0 Å². The summed E-state index contributed by atoms with van der Waals surface area (Å²) in [5.41, 5.74) is 1.05. The molecule has 3 heteroatoms. The minimum Gasteiger partial charge on any atom is -0.203 e. The lowest BCUT2D eigenvalue weighted by atomic mass is 9.73. The molecular formula is C28H46F2Si. The first kappa shape index (κ1) is 24.9. The molecule has 1 saturated carbocycles. The van der Waals surface area contributed by atoms with Crippen LogP contribution in [0, 0.1) is 29.4 Å². The van der Waals surface area contributed by atoms with E-state index in [0.717, 1.165) is 30.6 Å². The van der Waals surface area contributed by atoms with Gasteiger partial charge in [-0.05, 0) is 61.0 Å². The third kappa shape index (κ3) is 7.40. The van der Waals surface area contributed by atoms with Crippen LogP contribution in [0.15, 0.2) is 12.1 Å². The molecule has 2 aliphatic rings. The highest BCUT2D eigenvalue weighted by molar-refractivity contribution is 6.58. The van der Waals surface area contributed by atoms with Crippen molar-refractivity contribution >= 4 is 8.80 Å². The molecule has 1 aromatic rings. The summed E-state index contributed by atoms with van der Waals surface area (Å²) in [7, 11) is -0.370. The highest BCUT2D eigenvalue weighted by Crippen LogP contribution is 2.42. The number of rotatable bonds is 11. The summed E-state index contributed by atoms with van der Waals surface area (Å²) in [4.78, 5) is 0. The van der Waals surface area contributed by atoms with Crippen LogP contribution in [0.5, 0.6) is 0 Å². The molecule has 0 radical (unpaired) electrons. The second-order valence-electron chi connectivity index (χ2n) is 10.7. The van der Waals surface area contributed by atoms with Gasteiger partial charge in [0.2, 0.25) is 0 Å². The first-order valence-electron chi connectivity index (χ1n) is 13.6. The maximum absolute atomic E-state index is 14.2. The molecule has 0 N–H and O–H groups in total. The quantitative estimate of drug-likeness (QED) is 0.234. The fraction of sp³-hybridized carbons (Fsp3) is 0.786. The second kappa shape index (κ2) is 13.1. The molecule has 31 heavy (non-hydrogen) atoms. The van der Waals surface area contributed by atoms with Crippen LogP contribution in [0.4, 0.5) is 8.78 Å². The molecule has 1 aliphatic heterocycles. The van der Waals surface area contributed by atoms with Crippen molar-refractivity contribution in [1.29, 1.82) is 0 Å². The first-order valence-corrected chi connectivity index (χ1v) is 16.0. The van der Waals surface area contributed by atoms with Gasteiger partial charge < -0.3 is 0 Å². The van der Waals surface area contributed by atoms with Gasteiger partial charge >= 0.3 is 0 Å². The van der Waals surface area contributed by atoms with Gasteiger partial charge in [0.25, 0.3) is 0 Å². The van der Waals surface area contributed by atoms with Crippen LogP contribution in [0.1, 0.15) is 102 Å². The zero-order valence-corrected chi connectivity index (χ0v) is 21.4. The van der Waals surface area contributed by atoms with Gasteiger partial charge in [-0.25, -0.2) is 8.78 Å². The number of hydrogen-bond acceptors (Lipinski definition) is 0. The van der Waals surface area contributed by atoms with Gasteiger partial charge in [0.05, 0.1) is 0 Å². The number of unbranched alkanes of at least 4 members (excludes halogenated alkanes) is 3. The number of hydrogen-bond donors (Lipinski definition) is 0. The van der Waals surface area contributed by atoms with Crippen molar-refractivity contribution in [3.8, 4) is 0 Å². The number of aryl methyl sites for hydroxylation is 2. The fourth-order valence-corrected chi connectivity index (χ4v) is 9.95. The summed E-state index contributed by atoms with van der Waals surface area (Å²) in [5, 5.41) is 0. The maximum Gasteiger partial charge on any atom is 0.162 e. The summed E-state index contributed by atoms with van der Waals surface area (Å²) in [6, 6.07) is 8.43. The van der Waals surface area contributed by atoms with Crippen LogP contribution >= 0.6 is 0 Å². The van der Waals surface area contributed by atoms with Crippen LogP contribution in [0.25, 0.3) is 0 Å². The first-order chi connectivity index (χ1) is 15.1. The van der Waals surface area contributed by atoms with Gasteiger partial charge in [-0.1, -0.05) is 102 Å². The van der Waals surface area contributed by atoms with Gasteiger partial charge in [0.15, 0.2) is 11.6 Å². The van der Waals surface area contributed by atoms with E-state index >= 15 is 0 Å². The molecule has 0 bridgehead atoms. The lowest BCUT2D eigenvalue weighted by molar-refractivity contribution is 0.184. The zero-order chi connectivity index (χ0) is 22.1. The van der Waals surface area contributed by atoms with E-state index in [4.69, 9.17) is 0 Å². The SMILES string of the molecule is CCCCC[SiH]1CCC([C@H]2CC[C@H](CCCCc3ccc(CC)c(F)c3F)CC2)CC1. The second-order valence-corrected chi connectivity index (χ2v) is 14.1. The standard InChI is InChI=1S/C28H46F2Si/c1-3-5-8-19-31-20-17-25(18-21-31)24-13-11-22(12-14-24)9-6-7-10-26-16-15-23(4-2)27(29)28(26)30/h15-16,22,24-25,31H,3-14,17-21H2,1-2H3/t22-,24-,25?,31?. The highest BCUT2D eigenvalue weighted by atomic mass is 28.3. The molecule has 0 atom stereocenters. The minimum absolute atomic E-state index is 0.370. The third-order valence-electron chi connectivity index (χ3n) is 8.60. The van der Waals surface area contributed by atoms with E-state index in [2.05, 4.69) is 6.92 Å². The normalized spacial score (nSPS) is 26.8. The molecule has 0 unspecified atom stereocenters. The third-order valence-corrected chi connectivity index (χ3v) is 12.1. The van der Waals surface area contributed by atoms with Crippen LogP contribution in [0.3, 0.4) is 0 Å². The Kier molecular flexibility index (Phi) is 10.5. The van der Waals surface area contributed by atoms with E-state index in [1.54, 1.807) is 43.1 Å². The van der Waals surface area contributed by atoms with Crippen LogP contribution in [-0.4, -0.2) is 8.80 Å². The molecule has 0 spiro atoms. The van der Waals surface area contributed by atoms with Gasteiger partial charge in [-0.3, -0.25) is 0 Å². The van der Waals surface area contributed by atoms with Crippen molar-refractivity contribution in [3.05, 3.63) is 34.9 Å². The molecule has 1 aromatic carbocycles. The fourth-order valence-electron chi connectivity index (χ4n) is 6.42. The van der Waals surface area contributed by atoms with E-state index < -0.39 is 11.6 Å². The minimum atomic E-state index is -0.629. The Labute approximate surface area is 192 Å². The maximum atomic E-state index is 14.2. The van der Waals surface area contributed by atoms with Gasteiger partial charge in [0.1, 0.15) is 0 Å². The summed E-state index contributed by atoms with van der Waals surface area (Å²) in [5.74, 6) is 1.69. The predicted octanol–water partition coefficient (Wildman–Crippen LogP) is 8.87. The molecule has 1 saturated heterocycles. The van der Waals surface area contributed by atoms with E-state index in [-0.39, 0.29) is 8.80 Å². The van der Waals surface area contributed by atoms with E-state index in [1.807, 2.05) is 6.92 Å². The van der Waals surface area contributed by atoms with Crippen molar-refractivity contribution in [1.82, 2.24) is 0 Å². The van der Waals surface area contributed by atoms with Crippen molar-refractivity contribution < 1.29 is 8.78 Å². The van der Waals surface area contributed by atoms with Gasteiger partial charge in [-0.2, -0.15) is 0 Å². The topological polar surface area (TPSA) is 0 Å². The molecule has 3 rings (SSSR count). The largest absolute Gasteiger partial charge is 0.203 e. The Bertz CT molecular complexity index is 643. The molecule has 176 valence electrons. The molecule has 0 amide bonds. The monoisotopic (exact) mass is 448 g/mol. The van der Waals surface area contributed by atoms with E-state index in [0.29, 0.717) is 24.0 Å².